The van der Waals surface area contributed by atoms with E-state index in [2.05, 4.69) is 5.32 Å². The van der Waals surface area contributed by atoms with Crippen LogP contribution in [0.4, 0.5) is 0 Å². The summed E-state index contributed by atoms with van der Waals surface area (Å²) < 4.78 is 5.92. The highest BCUT2D eigenvalue weighted by Gasteiger charge is 2.20. The van der Waals surface area contributed by atoms with E-state index in [0.717, 1.165) is 29.4 Å². The highest BCUT2D eigenvalue weighted by Crippen LogP contribution is 2.22. The van der Waals surface area contributed by atoms with Crippen LogP contribution in [-0.2, 0) is 4.79 Å². The third-order valence-electron chi connectivity index (χ3n) is 5.85. The fraction of sp³-hybridized carbons (Fsp3) is 0.296. The Hall–Kier alpha value is -3.47. The lowest BCUT2D eigenvalue weighted by atomic mass is 9.96. The van der Waals surface area contributed by atoms with Gasteiger partial charge in [-0.05, 0) is 66.4 Å². The summed E-state index contributed by atoms with van der Waals surface area (Å²) in [5, 5.41) is 5.02. The molecule has 1 aliphatic rings. The Bertz CT molecular complexity index is 1110. The number of amides is 1. The van der Waals surface area contributed by atoms with Crippen molar-refractivity contribution in [2.45, 2.75) is 44.6 Å². The van der Waals surface area contributed by atoms with E-state index in [1.54, 1.807) is 12.1 Å². The number of hydrogen-bond acceptors (Lipinski definition) is 4. The molecule has 0 saturated heterocycles. The van der Waals surface area contributed by atoms with Gasteiger partial charge in [0, 0.05) is 36.9 Å². The first-order valence-electron chi connectivity index (χ1n) is 11.2. The average Bonchev–Trinajstić information content (AvgIpc) is 2.83. The Kier molecular flexibility index (Phi) is 6.95. The van der Waals surface area contributed by atoms with Crippen LogP contribution in [0, 0.1) is 0 Å². The Balaban J connectivity index is 1.21. The minimum absolute atomic E-state index is 0.0415. The first-order chi connectivity index (χ1) is 15.6. The van der Waals surface area contributed by atoms with Crippen LogP contribution >= 0.6 is 0 Å². The quantitative estimate of drug-likeness (QED) is 0.398. The van der Waals surface area contributed by atoms with Crippen molar-refractivity contribution in [2.24, 2.45) is 0 Å². The summed E-state index contributed by atoms with van der Waals surface area (Å²) in [6, 6.07) is 20.7. The molecule has 32 heavy (non-hydrogen) atoms. The number of carbonyl (C=O) groups is 3. The molecule has 0 atom stereocenters. The summed E-state index contributed by atoms with van der Waals surface area (Å²) in [6.45, 7) is 0.443. The van der Waals surface area contributed by atoms with Crippen LogP contribution in [0.15, 0.2) is 66.7 Å². The largest absolute Gasteiger partial charge is 0.490 e. The van der Waals surface area contributed by atoms with E-state index in [9.17, 15) is 14.4 Å². The second-order valence-electron chi connectivity index (χ2n) is 8.22. The molecule has 0 radical (unpaired) electrons. The van der Waals surface area contributed by atoms with Crippen molar-refractivity contribution in [3.8, 4) is 5.75 Å². The van der Waals surface area contributed by atoms with Crippen molar-refractivity contribution in [3.05, 3.63) is 77.9 Å². The predicted octanol–water partition coefficient (Wildman–Crippen LogP) is 5.12. The number of benzene rings is 3. The standard InChI is InChI=1S/C27H27NO4/c29-23-11-15-25(16-12-23)32-24-13-9-20(10-14-24)26(30)6-3-17-28-27(31)22-8-7-19-4-1-2-5-21(19)18-22/h1-2,4-5,7-10,13-14,18,25H,3,6,11-12,15-17H2,(H,28,31). The van der Waals surface area contributed by atoms with Gasteiger partial charge in [0.2, 0.25) is 0 Å². The Morgan fingerprint density at radius 3 is 2.31 bits per heavy atom. The Morgan fingerprint density at radius 2 is 1.56 bits per heavy atom. The van der Waals surface area contributed by atoms with Crippen molar-refractivity contribution in [2.75, 3.05) is 6.54 Å². The van der Waals surface area contributed by atoms with Crippen molar-refractivity contribution in [1.29, 1.82) is 0 Å². The van der Waals surface area contributed by atoms with E-state index in [1.807, 2.05) is 54.6 Å². The minimum Gasteiger partial charge on any atom is -0.490 e. The molecule has 0 bridgehead atoms. The molecule has 1 aliphatic carbocycles. The van der Waals surface area contributed by atoms with Crippen LogP contribution in [0.5, 0.6) is 5.75 Å². The first-order valence-corrected chi connectivity index (χ1v) is 11.2. The number of nitrogens with one attached hydrogen (secondary N) is 1. The molecule has 3 aromatic carbocycles. The van der Waals surface area contributed by atoms with Gasteiger partial charge in [0.25, 0.3) is 5.91 Å². The van der Waals surface area contributed by atoms with Gasteiger partial charge in [-0.15, -0.1) is 0 Å². The van der Waals surface area contributed by atoms with Crippen LogP contribution in [0.1, 0.15) is 59.2 Å². The van der Waals surface area contributed by atoms with E-state index in [1.165, 1.54) is 0 Å². The number of fused-ring (bicyclic) bond motifs is 1. The van der Waals surface area contributed by atoms with Crippen molar-refractivity contribution >= 4 is 28.2 Å². The molecule has 1 saturated carbocycles. The van der Waals surface area contributed by atoms with Gasteiger partial charge < -0.3 is 10.1 Å². The molecule has 1 amide bonds. The average molecular weight is 430 g/mol. The Labute approximate surface area is 187 Å². The van der Waals surface area contributed by atoms with Gasteiger partial charge in [-0.1, -0.05) is 30.3 Å². The van der Waals surface area contributed by atoms with Crippen LogP contribution in [0.2, 0.25) is 0 Å². The van der Waals surface area contributed by atoms with Crippen LogP contribution in [0.25, 0.3) is 10.8 Å². The molecule has 0 aliphatic heterocycles. The van der Waals surface area contributed by atoms with Gasteiger partial charge in [-0.25, -0.2) is 0 Å². The molecule has 0 heterocycles. The third kappa shape index (κ3) is 5.61. The molecule has 0 unspecified atom stereocenters. The number of rotatable bonds is 8. The van der Waals surface area contributed by atoms with E-state index in [-0.39, 0.29) is 17.8 Å². The van der Waals surface area contributed by atoms with Gasteiger partial charge in [0.15, 0.2) is 5.78 Å². The molecule has 4 rings (SSSR count). The maximum absolute atomic E-state index is 12.5. The van der Waals surface area contributed by atoms with Gasteiger partial charge in [-0.2, -0.15) is 0 Å². The predicted molar refractivity (Wildman–Crippen MR) is 124 cm³/mol. The van der Waals surface area contributed by atoms with Crippen molar-refractivity contribution in [1.82, 2.24) is 5.32 Å². The van der Waals surface area contributed by atoms with E-state index in [4.69, 9.17) is 4.74 Å². The van der Waals surface area contributed by atoms with Crippen molar-refractivity contribution in [3.63, 3.8) is 0 Å². The number of hydrogen-bond donors (Lipinski definition) is 1. The number of ketones is 2. The number of carbonyl (C=O) groups excluding carboxylic acids is 3. The van der Waals surface area contributed by atoms with Crippen molar-refractivity contribution < 1.29 is 19.1 Å². The summed E-state index contributed by atoms with van der Waals surface area (Å²) in [6.07, 6.45) is 3.68. The fourth-order valence-corrected chi connectivity index (χ4v) is 3.97. The zero-order valence-corrected chi connectivity index (χ0v) is 18.0. The second-order valence-corrected chi connectivity index (χ2v) is 8.22. The smallest absolute Gasteiger partial charge is 0.251 e. The molecular formula is C27H27NO4. The number of Topliss-reactive ketones (excluding diaryl/α,β-unsaturated/α-hetero) is 2. The molecule has 164 valence electrons. The zero-order valence-electron chi connectivity index (χ0n) is 18.0. The fourth-order valence-electron chi connectivity index (χ4n) is 3.97. The van der Waals surface area contributed by atoms with Gasteiger partial charge in [0.05, 0.1) is 6.10 Å². The third-order valence-corrected chi connectivity index (χ3v) is 5.85. The van der Waals surface area contributed by atoms with E-state index in [0.29, 0.717) is 49.1 Å². The molecule has 5 heteroatoms. The topological polar surface area (TPSA) is 72.5 Å². The molecule has 5 nitrogen and oxygen atoms in total. The lowest BCUT2D eigenvalue weighted by Crippen LogP contribution is -2.24. The summed E-state index contributed by atoms with van der Waals surface area (Å²) in [5.41, 5.74) is 1.25. The molecule has 1 fully saturated rings. The van der Waals surface area contributed by atoms with Gasteiger partial charge >= 0.3 is 0 Å². The first kappa shape index (κ1) is 21.8. The summed E-state index contributed by atoms with van der Waals surface area (Å²) in [5.74, 6) is 0.941. The lowest BCUT2D eigenvalue weighted by Gasteiger charge is -2.22. The number of ether oxygens (including phenoxy) is 1. The SMILES string of the molecule is O=C1CCC(Oc2ccc(C(=O)CCCNC(=O)c3ccc4ccccc4c3)cc2)CC1. The van der Waals surface area contributed by atoms with Crippen LogP contribution < -0.4 is 10.1 Å². The second kappa shape index (κ2) is 10.2. The highest BCUT2D eigenvalue weighted by molar-refractivity contribution is 5.99. The Morgan fingerprint density at radius 1 is 0.875 bits per heavy atom. The van der Waals surface area contributed by atoms with E-state index >= 15 is 0 Å². The molecule has 1 N–H and O–H groups in total. The monoisotopic (exact) mass is 429 g/mol. The molecule has 0 aromatic heterocycles. The maximum Gasteiger partial charge on any atom is 0.251 e. The summed E-state index contributed by atoms with van der Waals surface area (Å²) >= 11 is 0. The van der Waals surface area contributed by atoms with Gasteiger partial charge in [-0.3, -0.25) is 14.4 Å². The summed E-state index contributed by atoms with van der Waals surface area (Å²) in [4.78, 5) is 36.2. The lowest BCUT2D eigenvalue weighted by molar-refractivity contribution is -0.121. The van der Waals surface area contributed by atoms with E-state index < -0.39 is 0 Å². The molecule has 0 spiro atoms. The van der Waals surface area contributed by atoms with Gasteiger partial charge in [0.1, 0.15) is 11.5 Å². The molecule has 3 aromatic rings. The highest BCUT2D eigenvalue weighted by atomic mass is 16.5. The maximum atomic E-state index is 12.5. The minimum atomic E-state index is -0.130. The molecular weight excluding hydrogens is 402 g/mol. The van der Waals surface area contributed by atoms with Crippen LogP contribution in [0.3, 0.4) is 0 Å². The zero-order chi connectivity index (χ0) is 22.3. The summed E-state index contributed by atoms with van der Waals surface area (Å²) in [7, 11) is 0. The normalized spacial score (nSPS) is 14.3. The van der Waals surface area contributed by atoms with Crippen LogP contribution in [-0.4, -0.2) is 30.1 Å².